The second-order valence-corrected chi connectivity index (χ2v) is 9.26. The normalized spacial score (nSPS) is 26.1. The molecule has 2 aromatic heterocycles. The zero-order chi connectivity index (χ0) is 21.4. The first-order valence-electron chi connectivity index (χ1n) is 10.7. The number of nitrogens with one attached hydrogen (secondary N) is 1. The number of rotatable bonds is 5. The Bertz CT molecular complexity index is 1030. The minimum atomic E-state index is -0.404. The lowest BCUT2D eigenvalue weighted by Gasteiger charge is -2.35. The zero-order valence-corrected chi connectivity index (χ0v) is 18.2. The van der Waals surface area contributed by atoms with E-state index in [1.54, 1.807) is 17.6 Å². The molecule has 0 radical (unpaired) electrons. The number of dihydropyridines is 1. The highest BCUT2D eigenvalue weighted by Gasteiger charge is 2.42. The van der Waals surface area contributed by atoms with E-state index in [1.165, 1.54) is 0 Å². The van der Waals surface area contributed by atoms with Crippen molar-refractivity contribution in [3.8, 4) is 0 Å². The summed E-state index contributed by atoms with van der Waals surface area (Å²) in [5.41, 5.74) is 2.82. The summed E-state index contributed by atoms with van der Waals surface area (Å²) < 4.78 is 16.8. The third-order valence-corrected chi connectivity index (χ3v) is 7.18. The Morgan fingerprint density at radius 1 is 1.29 bits per heavy atom. The summed E-state index contributed by atoms with van der Waals surface area (Å²) in [5, 5.41) is 5.33. The molecule has 7 heteroatoms. The number of allylic oxidation sites excluding steroid dienone is 3. The fourth-order valence-corrected chi connectivity index (χ4v) is 5.64. The lowest BCUT2D eigenvalue weighted by Crippen LogP contribution is -2.36. The van der Waals surface area contributed by atoms with Gasteiger partial charge in [0.15, 0.2) is 5.78 Å². The van der Waals surface area contributed by atoms with Gasteiger partial charge in [-0.15, -0.1) is 11.3 Å². The van der Waals surface area contributed by atoms with Crippen molar-refractivity contribution in [1.82, 2.24) is 5.32 Å². The topological polar surface area (TPSA) is 77.8 Å². The van der Waals surface area contributed by atoms with Crippen molar-refractivity contribution in [3.05, 3.63) is 69.1 Å². The highest BCUT2D eigenvalue weighted by Crippen LogP contribution is 2.46. The summed E-state index contributed by atoms with van der Waals surface area (Å²) in [6.07, 6.45) is 4.53. The molecule has 1 aliphatic carbocycles. The fraction of sp³-hybridized carbons (Fsp3) is 0.417. The van der Waals surface area contributed by atoms with Gasteiger partial charge in [-0.1, -0.05) is 6.07 Å². The zero-order valence-electron chi connectivity index (χ0n) is 17.4. The molecule has 0 unspecified atom stereocenters. The Labute approximate surface area is 184 Å². The first kappa shape index (κ1) is 20.3. The molecule has 4 heterocycles. The molecule has 6 nitrogen and oxygen atoms in total. The predicted octanol–water partition coefficient (Wildman–Crippen LogP) is 4.42. The fourth-order valence-electron chi connectivity index (χ4n) is 4.80. The van der Waals surface area contributed by atoms with Crippen LogP contribution in [0.2, 0.25) is 0 Å². The molecule has 1 saturated heterocycles. The van der Waals surface area contributed by atoms with Gasteiger partial charge in [-0.2, -0.15) is 0 Å². The first-order valence-corrected chi connectivity index (χ1v) is 11.6. The van der Waals surface area contributed by atoms with Crippen LogP contribution in [-0.4, -0.2) is 31.1 Å². The van der Waals surface area contributed by atoms with Crippen molar-refractivity contribution >= 4 is 23.1 Å². The van der Waals surface area contributed by atoms with E-state index in [4.69, 9.17) is 13.9 Å². The quantitative estimate of drug-likeness (QED) is 0.695. The molecule has 3 aliphatic rings. The van der Waals surface area contributed by atoms with Gasteiger partial charge in [-0.3, -0.25) is 4.79 Å². The molecule has 2 aromatic rings. The maximum absolute atomic E-state index is 13.4. The second kappa shape index (κ2) is 8.48. The van der Waals surface area contributed by atoms with Gasteiger partial charge in [0.05, 0.1) is 23.9 Å². The van der Waals surface area contributed by atoms with Crippen LogP contribution in [-0.2, 0) is 19.1 Å². The van der Waals surface area contributed by atoms with Gasteiger partial charge in [0.25, 0.3) is 0 Å². The highest BCUT2D eigenvalue weighted by atomic mass is 32.1. The molecule has 5 rings (SSSR count). The lowest BCUT2D eigenvalue weighted by molar-refractivity contribution is -0.142. The molecular weight excluding hydrogens is 414 g/mol. The summed E-state index contributed by atoms with van der Waals surface area (Å²) in [7, 11) is 0. The van der Waals surface area contributed by atoms with E-state index in [-0.39, 0.29) is 30.4 Å². The van der Waals surface area contributed by atoms with Crippen molar-refractivity contribution in [3.63, 3.8) is 0 Å². The number of hydrogen-bond donors (Lipinski definition) is 1. The number of carbonyl (C=O) groups is 2. The van der Waals surface area contributed by atoms with Crippen molar-refractivity contribution in [2.24, 2.45) is 0 Å². The molecule has 3 atom stereocenters. The van der Waals surface area contributed by atoms with Crippen LogP contribution in [0.25, 0.3) is 0 Å². The average molecular weight is 440 g/mol. The van der Waals surface area contributed by atoms with Crippen LogP contribution in [0.4, 0.5) is 0 Å². The number of carbonyl (C=O) groups excluding carboxylic acids is 2. The van der Waals surface area contributed by atoms with Gasteiger partial charge in [0, 0.05) is 40.8 Å². The number of hydrogen-bond acceptors (Lipinski definition) is 7. The third kappa shape index (κ3) is 3.88. The standard InChI is InChI=1S/C24H25NO5S/c1-14-21(24(27)30-13-16-5-2-8-28-16)23(20-7-4-10-31-20)22-17(25-14)11-15(12-18(22)26)19-6-3-9-29-19/h3-4,6-7,9-10,15-16,23,25H,2,5,8,11-13H2,1H3/t15-,16-,23+/m1/s1. The SMILES string of the molecule is CC1=C(C(=O)OC[C@H]2CCCO2)[C@H](c2cccs2)C2=C(C[C@@H](c3ccco3)CC2=O)N1. The summed E-state index contributed by atoms with van der Waals surface area (Å²) in [4.78, 5) is 27.5. The maximum atomic E-state index is 13.4. The second-order valence-electron chi connectivity index (χ2n) is 8.28. The van der Waals surface area contributed by atoms with E-state index in [9.17, 15) is 9.59 Å². The van der Waals surface area contributed by atoms with Gasteiger partial charge < -0.3 is 19.2 Å². The average Bonchev–Trinajstić information content (AvgIpc) is 3.54. The van der Waals surface area contributed by atoms with Crippen LogP contribution in [0.15, 0.2) is 62.9 Å². The van der Waals surface area contributed by atoms with Gasteiger partial charge in [0.2, 0.25) is 0 Å². The van der Waals surface area contributed by atoms with Crippen molar-refractivity contribution in [1.29, 1.82) is 0 Å². The summed E-state index contributed by atoms with van der Waals surface area (Å²) >= 11 is 1.55. The molecule has 162 valence electrons. The number of ketones is 1. The molecule has 0 saturated carbocycles. The number of thiophene rings is 1. The minimum absolute atomic E-state index is 0.00134. The minimum Gasteiger partial charge on any atom is -0.469 e. The number of Topliss-reactive ketones (excluding diaryl/α,β-unsaturated/α-hetero) is 1. The molecule has 0 aromatic carbocycles. The van der Waals surface area contributed by atoms with E-state index in [1.807, 2.05) is 36.6 Å². The van der Waals surface area contributed by atoms with Gasteiger partial charge in [-0.25, -0.2) is 4.79 Å². The van der Waals surface area contributed by atoms with Crippen molar-refractivity contribution in [2.45, 2.75) is 50.5 Å². The smallest absolute Gasteiger partial charge is 0.336 e. The van der Waals surface area contributed by atoms with Crippen LogP contribution >= 0.6 is 11.3 Å². The van der Waals surface area contributed by atoms with Crippen molar-refractivity contribution < 1.29 is 23.5 Å². The Hall–Kier alpha value is -2.64. The maximum Gasteiger partial charge on any atom is 0.336 e. The number of ether oxygens (including phenoxy) is 2. The van der Waals surface area contributed by atoms with E-state index >= 15 is 0 Å². The molecule has 0 amide bonds. The first-order chi connectivity index (χ1) is 15.1. The third-order valence-electron chi connectivity index (χ3n) is 6.25. The van der Waals surface area contributed by atoms with E-state index in [2.05, 4.69) is 5.32 Å². The van der Waals surface area contributed by atoms with Gasteiger partial charge in [0.1, 0.15) is 12.4 Å². The van der Waals surface area contributed by atoms with Gasteiger partial charge >= 0.3 is 5.97 Å². The largest absolute Gasteiger partial charge is 0.469 e. The van der Waals surface area contributed by atoms with Crippen LogP contribution < -0.4 is 5.32 Å². The van der Waals surface area contributed by atoms with E-state index in [0.29, 0.717) is 30.6 Å². The molecule has 0 spiro atoms. The van der Waals surface area contributed by atoms with Crippen LogP contribution in [0, 0.1) is 0 Å². The molecule has 2 aliphatic heterocycles. The van der Waals surface area contributed by atoms with E-state index in [0.717, 1.165) is 34.9 Å². The summed E-state index contributed by atoms with van der Waals surface area (Å²) in [5.74, 6) is 0.0755. The Morgan fingerprint density at radius 3 is 2.90 bits per heavy atom. The Balaban J connectivity index is 1.46. The molecule has 1 N–H and O–H groups in total. The number of furan rings is 1. The number of esters is 1. The summed E-state index contributed by atoms with van der Waals surface area (Å²) in [6, 6.07) is 7.70. The summed E-state index contributed by atoms with van der Waals surface area (Å²) in [6.45, 7) is 2.84. The van der Waals surface area contributed by atoms with Crippen molar-refractivity contribution in [2.75, 3.05) is 13.2 Å². The van der Waals surface area contributed by atoms with Crippen LogP contribution in [0.5, 0.6) is 0 Å². The molecule has 1 fully saturated rings. The Morgan fingerprint density at radius 2 is 2.19 bits per heavy atom. The van der Waals surface area contributed by atoms with E-state index < -0.39 is 5.92 Å². The molecule has 31 heavy (non-hydrogen) atoms. The molecular formula is C24H25NO5S. The van der Waals surface area contributed by atoms with Gasteiger partial charge in [-0.05, 0) is 49.8 Å². The Kier molecular flexibility index (Phi) is 5.54. The predicted molar refractivity (Wildman–Crippen MR) is 116 cm³/mol. The monoisotopic (exact) mass is 439 g/mol. The van der Waals surface area contributed by atoms with Crippen LogP contribution in [0.1, 0.15) is 55.1 Å². The lowest BCUT2D eigenvalue weighted by atomic mass is 9.74. The molecule has 0 bridgehead atoms. The van der Waals surface area contributed by atoms with Crippen LogP contribution in [0.3, 0.4) is 0 Å². The highest BCUT2D eigenvalue weighted by molar-refractivity contribution is 7.10.